The Labute approximate surface area is 162 Å². The summed E-state index contributed by atoms with van der Waals surface area (Å²) in [4.78, 5) is 12.5. The molecule has 1 aromatic carbocycles. The lowest BCUT2D eigenvalue weighted by Crippen LogP contribution is -2.47. The van der Waals surface area contributed by atoms with Crippen LogP contribution in [0.5, 0.6) is 5.75 Å². The van der Waals surface area contributed by atoms with Gasteiger partial charge in [-0.2, -0.15) is 4.31 Å². The fourth-order valence-corrected chi connectivity index (χ4v) is 5.70. The van der Waals surface area contributed by atoms with Crippen LogP contribution in [0.15, 0.2) is 52.1 Å². The predicted octanol–water partition coefficient (Wildman–Crippen LogP) is 1.46. The summed E-state index contributed by atoms with van der Waals surface area (Å²) in [5, 5.41) is 14.3. The fourth-order valence-electron chi connectivity index (χ4n) is 2.92. The summed E-state index contributed by atoms with van der Waals surface area (Å²) in [6, 6.07) is 11.5. The molecule has 7 nitrogen and oxygen atoms in total. The number of aliphatic hydroxyl groups is 1. The highest BCUT2D eigenvalue weighted by molar-refractivity contribution is 7.91. The summed E-state index contributed by atoms with van der Waals surface area (Å²) in [6.07, 6.45) is 0.202. The van der Waals surface area contributed by atoms with Crippen LogP contribution in [-0.4, -0.2) is 55.6 Å². The summed E-state index contributed by atoms with van der Waals surface area (Å²) in [6.45, 7) is 0.346. The number of para-hydroxylation sites is 1. The van der Waals surface area contributed by atoms with Gasteiger partial charge in [0.2, 0.25) is 5.91 Å². The van der Waals surface area contributed by atoms with E-state index >= 15 is 0 Å². The maximum absolute atomic E-state index is 12.7. The van der Waals surface area contributed by atoms with Gasteiger partial charge in [0.25, 0.3) is 10.0 Å². The molecule has 1 aliphatic rings. The number of hydrogen-bond acceptors (Lipinski definition) is 6. The highest BCUT2D eigenvalue weighted by Gasteiger charge is 2.39. The van der Waals surface area contributed by atoms with Crippen molar-refractivity contribution in [2.24, 2.45) is 0 Å². The molecule has 0 aliphatic carbocycles. The van der Waals surface area contributed by atoms with Crippen LogP contribution in [0.25, 0.3) is 0 Å². The molecule has 1 fully saturated rings. The Morgan fingerprint density at radius 2 is 2.07 bits per heavy atom. The van der Waals surface area contributed by atoms with Gasteiger partial charge in [0.1, 0.15) is 28.7 Å². The summed E-state index contributed by atoms with van der Waals surface area (Å²) >= 11 is 1.14. The molecule has 1 saturated heterocycles. The van der Waals surface area contributed by atoms with Crippen LogP contribution in [0.4, 0.5) is 0 Å². The number of amides is 1. The van der Waals surface area contributed by atoms with Crippen molar-refractivity contribution in [2.75, 3.05) is 19.7 Å². The van der Waals surface area contributed by atoms with E-state index in [0.29, 0.717) is 25.1 Å². The van der Waals surface area contributed by atoms with E-state index < -0.39 is 28.1 Å². The molecule has 9 heteroatoms. The fraction of sp³-hybridized carbons (Fsp3) is 0.389. The minimum atomic E-state index is -3.67. The highest BCUT2D eigenvalue weighted by Crippen LogP contribution is 2.28. The quantitative estimate of drug-likeness (QED) is 0.687. The molecule has 2 atom stereocenters. The Hall–Kier alpha value is -1.94. The van der Waals surface area contributed by atoms with Gasteiger partial charge < -0.3 is 15.2 Å². The van der Waals surface area contributed by atoms with Crippen LogP contribution in [0.3, 0.4) is 0 Å². The number of ether oxygens (including phenoxy) is 1. The molecule has 0 spiro atoms. The number of carbonyl (C=O) groups excluding carboxylic acids is 1. The van der Waals surface area contributed by atoms with Crippen LogP contribution in [0.1, 0.15) is 12.8 Å². The number of benzene rings is 1. The van der Waals surface area contributed by atoms with E-state index in [4.69, 9.17) is 4.74 Å². The summed E-state index contributed by atoms with van der Waals surface area (Å²) in [5.74, 6) is 0.235. The van der Waals surface area contributed by atoms with Gasteiger partial charge >= 0.3 is 0 Å². The van der Waals surface area contributed by atoms with Crippen molar-refractivity contribution in [3.05, 3.63) is 47.8 Å². The molecule has 2 aromatic rings. The van der Waals surface area contributed by atoms with Crippen molar-refractivity contribution in [3.8, 4) is 5.75 Å². The molecule has 146 valence electrons. The average molecular weight is 411 g/mol. The third-order valence-electron chi connectivity index (χ3n) is 4.26. The summed E-state index contributed by atoms with van der Waals surface area (Å²) in [7, 11) is -3.67. The zero-order chi connectivity index (χ0) is 19.3. The summed E-state index contributed by atoms with van der Waals surface area (Å²) < 4.78 is 32.3. The summed E-state index contributed by atoms with van der Waals surface area (Å²) in [5.41, 5.74) is 0. The first kappa shape index (κ1) is 19.8. The van der Waals surface area contributed by atoms with Crippen LogP contribution in [-0.2, 0) is 14.8 Å². The smallest absolute Gasteiger partial charge is 0.253 e. The van der Waals surface area contributed by atoms with Crippen LogP contribution < -0.4 is 10.1 Å². The van der Waals surface area contributed by atoms with Gasteiger partial charge in [0, 0.05) is 13.1 Å². The van der Waals surface area contributed by atoms with Crippen molar-refractivity contribution in [1.29, 1.82) is 0 Å². The largest absolute Gasteiger partial charge is 0.491 e. The standard InChI is InChI=1S/C18H22N2O5S2/c21-14(13-25-15-6-2-1-3-7-15)12-19-18(22)16-8-4-10-20(16)27(23,24)17-9-5-11-26-17/h1-3,5-7,9,11,14,16,21H,4,8,10,12-13H2,(H,19,22). The maximum atomic E-state index is 12.7. The second kappa shape index (κ2) is 8.83. The molecule has 1 amide bonds. The van der Waals surface area contributed by atoms with Gasteiger partial charge in [-0.25, -0.2) is 8.42 Å². The molecule has 1 aromatic heterocycles. The van der Waals surface area contributed by atoms with E-state index in [1.165, 1.54) is 10.4 Å². The third-order valence-corrected chi connectivity index (χ3v) is 7.54. The van der Waals surface area contributed by atoms with Crippen LogP contribution >= 0.6 is 11.3 Å². The van der Waals surface area contributed by atoms with Crippen LogP contribution in [0, 0.1) is 0 Å². The molecule has 2 unspecified atom stereocenters. The molecule has 1 aliphatic heterocycles. The van der Waals surface area contributed by atoms with Crippen molar-refractivity contribution in [1.82, 2.24) is 9.62 Å². The van der Waals surface area contributed by atoms with E-state index in [9.17, 15) is 18.3 Å². The molecule has 0 bridgehead atoms. The number of aliphatic hydroxyl groups excluding tert-OH is 1. The molecule has 2 N–H and O–H groups in total. The van der Waals surface area contributed by atoms with Gasteiger partial charge in [-0.15, -0.1) is 11.3 Å². The molecule has 2 heterocycles. The van der Waals surface area contributed by atoms with E-state index in [1.54, 1.807) is 23.6 Å². The Morgan fingerprint density at radius 3 is 2.78 bits per heavy atom. The average Bonchev–Trinajstić information content (AvgIpc) is 3.37. The Morgan fingerprint density at radius 1 is 1.30 bits per heavy atom. The van der Waals surface area contributed by atoms with Crippen molar-refractivity contribution >= 4 is 27.3 Å². The van der Waals surface area contributed by atoms with E-state index in [2.05, 4.69) is 5.32 Å². The van der Waals surface area contributed by atoms with Crippen molar-refractivity contribution in [2.45, 2.75) is 29.2 Å². The number of sulfonamides is 1. The van der Waals surface area contributed by atoms with E-state index in [0.717, 1.165) is 11.3 Å². The second-order valence-corrected chi connectivity index (χ2v) is 9.29. The lowest BCUT2D eigenvalue weighted by molar-refractivity contribution is -0.124. The third kappa shape index (κ3) is 4.86. The molecular formula is C18H22N2O5S2. The predicted molar refractivity (Wildman–Crippen MR) is 102 cm³/mol. The van der Waals surface area contributed by atoms with Gasteiger partial charge in [-0.1, -0.05) is 24.3 Å². The minimum Gasteiger partial charge on any atom is -0.491 e. The zero-order valence-electron chi connectivity index (χ0n) is 14.7. The Balaban J connectivity index is 1.52. The number of nitrogens with zero attached hydrogens (tertiary/aromatic N) is 1. The topological polar surface area (TPSA) is 95.9 Å². The van der Waals surface area contributed by atoms with Crippen molar-refractivity contribution < 1.29 is 23.1 Å². The van der Waals surface area contributed by atoms with Gasteiger partial charge in [-0.3, -0.25) is 4.79 Å². The monoisotopic (exact) mass is 410 g/mol. The first-order chi connectivity index (χ1) is 13.0. The lowest BCUT2D eigenvalue weighted by atomic mass is 10.2. The molecule has 0 radical (unpaired) electrons. The maximum Gasteiger partial charge on any atom is 0.253 e. The molecular weight excluding hydrogens is 388 g/mol. The van der Waals surface area contributed by atoms with Crippen molar-refractivity contribution in [3.63, 3.8) is 0 Å². The second-order valence-electron chi connectivity index (χ2n) is 6.23. The Kier molecular flexibility index (Phi) is 6.48. The lowest BCUT2D eigenvalue weighted by Gasteiger charge is -2.23. The molecule has 27 heavy (non-hydrogen) atoms. The van der Waals surface area contributed by atoms with E-state index in [1.807, 2.05) is 18.2 Å². The van der Waals surface area contributed by atoms with Crippen LogP contribution in [0.2, 0.25) is 0 Å². The number of hydrogen-bond donors (Lipinski definition) is 2. The SMILES string of the molecule is O=C(NCC(O)COc1ccccc1)C1CCCN1S(=O)(=O)c1cccs1. The van der Waals surface area contributed by atoms with Gasteiger partial charge in [0.05, 0.1) is 0 Å². The number of thiophene rings is 1. The first-order valence-corrected chi connectivity index (χ1v) is 11.0. The minimum absolute atomic E-state index is 0.00490. The van der Waals surface area contributed by atoms with Gasteiger partial charge in [0.15, 0.2) is 0 Å². The Bertz CT molecular complexity index is 840. The van der Waals surface area contributed by atoms with Gasteiger partial charge in [-0.05, 0) is 36.4 Å². The number of carbonyl (C=O) groups is 1. The molecule has 0 saturated carbocycles. The molecule has 3 rings (SSSR count). The number of rotatable bonds is 8. The van der Waals surface area contributed by atoms with E-state index in [-0.39, 0.29) is 17.4 Å². The normalized spacial score (nSPS) is 18.9. The highest BCUT2D eigenvalue weighted by atomic mass is 32.2. The number of nitrogens with one attached hydrogen (secondary N) is 1. The zero-order valence-corrected chi connectivity index (χ0v) is 16.3. The first-order valence-electron chi connectivity index (χ1n) is 8.67.